The van der Waals surface area contributed by atoms with E-state index in [1.807, 2.05) is 6.92 Å². The number of hydrogen-bond donors (Lipinski definition) is 0. The normalized spacial score (nSPS) is 25.4. The molecule has 0 aliphatic carbocycles. The van der Waals surface area contributed by atoms with Crippen LogP contribution in [0.1, 0.15) is 57.2 Å². The predicted molar refractivity (Wildman–Crippen MR) is 87.0 cm³/mol. The molecule has 2 fully saturated rings. The summed E-state index contributed by atoms with van der Waals surface area (Å²) in [5.74, 6) is 1.70. The Morgan fingerprint density at radius 1 is 1.26 bits per heavy atom. The number of aromatic nitrogens is 2. The highest BCUT2D eigenvalue weighted by molar-refractivity contribution is 5.76. The molecule has 2 aliphatic heterocycles. The lowest BCUT2D eigenvalue weighted by molar-refractivity contribution is -0.133. The molecule has 0 aromatic carbocycles. The number of likely N-dealkylation sites (N-methyl/N-ethyl adjacent to an activating group) is 1. The van der Waals surface area contributed by atoms with Gasteiger partial charge in [0.25, 0.3) is 0 Å². The lowest BCUT2D eigenvalue weighted by atomic mass is 10.0. The number of likely N-dealkylation sites (tertiary alicyclic amines) is 2. The van der Waals surface area contributed by atoms with E-state index in [0.29, 0.717) is 36.7 Å². The van der Waals surface area contributed by atoms with Crippen molar-refractivity contribution >= 4 is 5.91 Å². The van der Waals surface area contributed by atoms with Gasteiger partial charge in [-0.05, 0) is 45.7 Å². The topological polar surface area (TPSA) is 62.5 Å². The van der Waals surface area contributed by atoms with Crippen molar-refractivity contribution in [3.8, 4) is 0 Å². The summed E-state index contributed by atoms with van der Waals surface area (Å²) in [5.41, 5.74) is 0. The third-order valence-electron chi connectivity index (χ3n) is 5.25. The molecule has 0 radical (unpaired) electrons. The van der Waals surface area contributed by atoms with Gasteiger partial charge in [-0.3, -0.25) is 4.79 Å². The smallest absolute Gasteiger partial charge is 0.226 e. The minimum absolute atomic E-state index is 0.294. The van der Waals surface area contributed by atoms with Crippen LogP contribution in [0.5, 0.6) is 0 Å². The first-order valence-corrected chi connectivity index (χ1v) is 9.00. The monoisotopic (exact) mass is 320 g/mol. The van der Waals surface area contributed by atoms with E-state index >= 15 is 0 Å². The molecule has 1 aromatic rings. The van der Waals surface area contributed by atoms with E-state index in [1.54, 1.807) is 0 Å². The van der Waals surface area contributed by atoms with Gasteiger partial charge >= 0.3 is 0 Å². The van der Waals surface area contributed by atoms with E-state index in [-0.39, 0.29) is 0 Å². The maximum absolute atomic E-state index is 12.6. The molecule has 128 valence electrons. The standard InChI is InChI=1S/C17H28N4O2/c1-3-15-18-16(23-19-15)9-4-10-17(22)21-12-6-8-14(21)13-7-5-11-20(13)2/h13-14H,3-12H2,1-2H3. The summed E-state index contributed by atoms with van der Waals surface area (Å²) in [6, 6.07) is 0.981. The van der Waals surface area contributed by atoms with Crippen LogP contribution >= 0.6 is 0 Å². The molecule has 0 bridgehead atoms. The van der Waals surface area contributed by atoms with Crippen LogP contribution in [0.2, 0.25) is 0 Å². The van der Waals surface area contributed by atoms with Gasteiger partial charge in [0.2, 0.25) is 11.8 Å². The maximum Gasteiger partial charge on any atom is 0.226 e. The van der Waals surface area contributed by atoms with Gasteiger partial charge in [-0.1, -0.05) is 12.1 Å². The zero-order valence-electron chi connectivity index (χ0n) is 14.3. The van der Waals surface area contributed by atoms with Crippen LogP contribution in [-0.4, -0.2) is 58.1 Å². The SMILES string of the molecule is CCc1noc(CCCC(=O)N2CCCC2C2CCCN2C)n1. The first kappa shape index (κ1) is 16.4. The number of nitrogens with zero attached hydrogens (tertiary/aromatic N) is 4. The van der Waals surface area contributed by atoms with E-state index in [2.05, 4.69) is 27.0 Å². The quantitative estimate of drug-likeness (QED) is 0.802. The summed E-state index contributed by atoms with van der Waals surface area (Å²) in [4.78, 5) is 21.5. The molecule has 0 saturated carbocycles. The van der Waals surface area contributed by atoms with Crippen molar-refractivity contribution in [2.75, 3.05) is 20.1 Å². The zero-order chi connectivity index (χ0) is 16.2. The molecule has 1 aromatic heterocycles. The summed E-state index contributed by atoms with van der Waals surface area (Å²) in [6.07, 6.45) is 7.63. The van der Waals surface area contributed by atoms with Crippen LogP contribution in [0.4, 0.5) is 0 Å². The van der Waals surface area contributed by atoms with Crippen LogP contribution in [0.15, 0.2) is 4.52 Å². The summed E-state index contributed by atoms with van der Waals surface area (Å²) in [5, 5.41) is 3.90. The van der Waals surface area contributed by atoms with Crippen molar-refractivity contribution in [1.29, 1.82) is 0 Å². The fourth-order valence-electron chi connectivity index (χ4n) is 3.99. The van der Waals surface area contributed by atoms with Gasteiger partial charge in [0.15, 0.2) is 5.82 Å². The molecule has 3 heterocycles. The van der Waals surface area contributed by atoms with Crippen molar-refractivity contribution in [2.24, 2.45) is 0 Å². The average molecular weight is 320 g/mol. The van der Waals surface area contributed by atoms with Crippen LogP contribution in [0.3, 0.4) is 0 Å². The molecular weight excluding hydrogens is 292 g/mol. The van der Waals surface area contributed by atoms with Gasteiger partial charge in [-0.15, -0.1) is 0 Å². The lowest BCUT2D eigenvalue weighted by Crippen LogP contribution is -2.47. The Kier molecular flexibility index (Phi) is 5.30. The van der Waals surface area contributed by atoms with Crippen LogP contribution in [-0.2, 0) is 17.6 Å². The van der Waals surface area contributed by atoms with Crippen LogP contribution in [0.25, 0.3) is 0 Å². The van der Waals surface area contributed by atoms with Gasteiger partial charge in [0.1, 0.15) is 0 Å². The van der Waals surface area contributed by atoms with Crippen LogP contribution in [0, 0.1) is 0 Å². The zero-order valence-corrected chi connectivity index (χ0v) is 14.3. The number of carbonyl (C=O) groups excluding carboxylic acids is 1. The molecule has 0 spiro atoms. The maximum atomic E-state index is 12.6. The number of hydrogen-bond acceptors (Lipinski definition) is 5. The van der Waals surface area contributed by atoms with Gasteiger partial charge in [0.05, 0.1) is 0 Å². The molecule has 2 aliphatic rings. The number of rotatable bonds is 6. The third kappa shape index (κ3) is 3.74. The molecule has 2 saturated heterocycles. The Balaban J connectivity index is 1.49. The number of aryl methyl sites for hydroxylation is 2. The highest BCUT2D eigenvalue weighted by Gasteiger charge is 2.37. The summed E-state index contributed by atoms with van der Waals surface area (Å²) in [7, 11) is 2.19. The summed E-state index contributed by atoms with van der Waals surface area (Å²) in [6.45, 7) is 4.10. The third-order valence-corrected chi connectivity index (χ3v) is 5.25. The molecule has 1 amide bonds. The Morgan fingerprint density at radius 2 is 2.04 bits per heavy atom. The molecule has 3 rings (SSSR count). The first-order chi connectivity index (χ1) is 11.2. The van der Waals surface area contributed by atoms with E-state index in [0.717, 1.165) is 38.1 Å². The van der Waals surface area contributed by atoms with Crippen molar-refractivity contribution in [3.63, 3.8) is 0 Å². The molecule has 2 unspecified atom stereocenters. The van der Waals surface area contributed by atoms with Crippen LogP contribution < -0.4 is 0 Å². The summed E-state index contributed by atoms with van der Waals surface area (Å²) >= 11 is 0. The minimum atomic E-state index is 0.294. The second-order valence-electron chi connectivity index (χ2n) is 6.80. The van der Waals surface area contributed by atoms with Crippen molar-refractivity contribution in [3.05, 3.63) is 11.7 Å². The molecule has 6 nitrogen and oxygen atoms in total. The second kappa shape index (κ2) is 7.43. The fourth-order valence-corrected chi connectivity index (χ4v) is 3.99. The van der Waals surface area contributed by atoms with Crippen molar-refractivity contribution in [2.45, 2.75) is 70.4 Å². The van der Waals surface area contributed by atoms with E-state index in [4.69, 9.17) is 4.52 Å². The number of carbonyl (C=O) groups is 1. The van der Waals surface area contributed by atoms with Crippen molar-refractivity contribution in [1.82, 2.24) is 19.9 Å². The largest absolute Gasteiger partial charge is 0.339 e. The van der Waals surface area contributed by atoms with E-state index < -0.39 is 0 Å². The number of amides is 1. The second-order valence-corrected chi connectivity index (χ2v) is 6.80. The Hall–Kier alpha value is -1.43. The summed E-state index contributed by atoms with van der Waals surface area (Å²) < 4.78 is 5.19. The van der Waals surface area contributed by atoms with Gasteiger partial charge in [-0.25, -0.2) is 0 Å². The predicted octanol–water partition coefficient (Wildman–Crippen LogP) is 2.04. The Morgan fingerprint density at radius 3 is 2.74 bits per heavy atom. The Bertz CT molecular complexity index is 530. The van der Waals surface area contributed by atoms with Crippen molar-refractivity contribution < 1.29 is 9.32 Å². The molecule has 0 N–H and O–H groups in total. The fraction of sp³-hybridized carbons (Fsp3) is 0.824. The van der Waals surface area contributed by atoms with Gasteiger partial charge < -0.3 is 14.3 Å². The first-order valence-electron chi connectivity index (χ1n) is 9.00. The highest BCUT2D eigenvalue weighted by atomic mass is 16.5. The minimum Gasteiger partial charge on any atom is -0.339 e. The molecule has 6 heteroatoms. The van der Waals surface area contributed by atoms with E-state index in [9.17, 15) is 4.79 Å². The molecular formula is C17H28N4O2. The van der Waals surface area contributed by atoms with E-state index in [1.165, 1.54) is 19.4 Å². The average Bonchev–Trinajstić information content (AvgIpc) is 3.26. The lowest BCUT2D eigenvalue weighted by Gasteiger charge is -2.33. The Labute approximate surface area is 138 Å². The van der Waals surface area contributed by atoms with Gasteiger partial charge in [0, 0.05) is 37.9 Å². The molecule has 2 atom stereocenters. The molecule has 23 heavy (non-hydrogen) atoms. The highest BCUT2D eigenvalue weighted by Crippen LogP contribution is 2.29. The van der Waals surface area contributed by atoms with Gasteiger partial charge in [-0.2, -0.15) is 4.98 Å².